The summed E-state index contributed by atoms with van der Waals surface area (Å²) in [5, 5.41) is 12.7. The first-order chi connectivity index (χ1) is 36.8. The largest absolute Gasteiger partial charge is 0.356 e. The zero-order chi connectivity index (χ0) is 55.2. The zero-order valence-corrected chi connectivity index (χ0v) is 52.0. The number of hydrogen-bond donors (Lipinski definition) is 4. The normalized spacial score (nSPS) is 11.4. The minimum Gasteiger partial charge on any atom is -0.356 e. The number of amides is 3. The lowest BCUT2D eigenvalue weighted by atomic mass is 10.1. The van der Waals surface area contributed by atoms with Gasteiger partial charge in [0.1, 0.15) is 0 Å². The van der Waals surface area contributed by atoms with Crippen LogP contribution < -0.4 is 21.3 Å². The van der Waals surface area contributed by atoms with E-state index in [9.17, 15) is 14.4 Å². The molecule has 0 fully saturated rings. The first-order valence-electron chi connectivity index (χ1n) is 33.5. The molecule has 75 heavy (non-hydrogen) atoms. The summed E-state index contributed by atoms with van der Waals surface area (Å²) in [6.07, 6.45) is 52.6. The van der Waals surface area contributed by atoms with Crippen LogP contribution in [0.1, 0.15) is 312 Å². The van der Waals surface area contributed by atoms with Crippen LogP contribution in [-0.2, 0) is 14.4 Å². The molecule has 0 spiro atoms. The van der Waals surface area contributed by atoms with Crippen molar-refractivity contribution >= 4 is 17.7 Å². The van der Waals surface area contributed by atoms with Crippen LogP contribution in [0.25, 0.3) is 0 Å². The van der Waals surface area contributed by atoms with E-state index in [4.69, 9.17) is 0 Å². The molecule has 0 aromatic carbocycles. The highest BCUT2D eigenvalue weighted by atomic mass is 16.2. The summed E-state index contributed by atoms with van der Waals surface area (Å²) in [4.78, 5) is 43.9. The molecule has 10 heteroatoms. The topological polar surface area (TPSA) is 109 Å². The Bertz CT molecular complexity index is 1090. The second kappa shape index (κ2) is 64.8. The molecule has 0 aromatic heterocycles. The molecule has 0 saturated carbocycles. The fraction of sp³-hybridized carbons (Fsp3) is 0.954. The highest BCUT2D eigenvalue weighted by Crippen LogP contribution is 2.15. The zero-order valence-electron chi connectivity index (χ0n) is 52.0. The van der Waals surface area contributed by atoms with Crippen LogP contribution in [0.2, 0.25) is 0 Å². The predicted octanol–water partition coefficient (Wildman–Crippen LogP) is 16.0. The van der Waals surface area contributed by atoms with Gasteiger partial charge in [-0.05, 0) is 84.5 Å². The fourth-order valence-electron chi connectivity index (χ4n) is 10.0. The van der Waals surface area contributed by atoms with Gasteiger partial charge in [-0.3, -0.25) is 14.4 Å². The van der Waals surface area contributed by atoms with E-state index < -0.39 is 0 Å². The van der Waals surface area contributed by atoms with Crippen molar-refractivity contribution < 1.29 is 14.4 Å². The Morgan fingerprint density at radius 2 is 0.480 bits per heavy atom. The molecule has 0 aliphatic carbocycles. The molecule has 0 radical (unpaired) electrons. The Kier molecular flexibility index (Phi) is 65.0. The van der Waals surface area contributed by atoms with Crippen LogP contribution in [0.4, 0.5) is 0 Å². The van der Waals surface area contributed by atoms with Crippen LogP contribution in [0, 0.1) is 0 Å². The third kappa shape index (κ3) is 61.3. The minimum absolute atomic E-state index is 0.191. The van der Waals surface area contributed by atoms with Crippen molar-refractivity contribution in [2.45, 2.75) is 312 Å². The maximum absolute atomic E-state index is 12.4. The smallest absolute Gasteiger partial charge is 0.221 e. The van der Waals surface area contributed by atoms with E-state index in [-0.39, 0.29) is 17.7 Å². The van der Waals surface area contributed by atoms with E-state index in [0.717, 1.165) is 124 Å². The van der Waals surface area contributed by atoms with E-state index in [0.29, 0.717) is 19.3 Å². The summed E-state index contributed by atoms with van der Waals surface area (Å²) in [6, 6.07) is 0. The lowest BCUT2D eigenvalue weighted by molar-refractivity contribution is -0.122. The van der Waals surface area contributed by atoms with E-state index >= 15 is 0 Å². The average molecular weight is 1060 g/mol. The Hall–Kier alpha value is -1.75. The summed E-state index contributed by atoms with van der Waals surface area (Å²) >= 11 is 0. The molecule has 0 atom stereocenters. The summed E-state index contributed by atoms with van der Waals surface area (Å²) in [5.74, 6) is 0.598. The van der Waals surface area contributed by atoms with Crippen molar-refractivity contribution in [2.75, 3.05) is 91.6 Å². The van der Waals surface area contributed by atoms with Gasteiger partial charge in [0.05, 0.1) is 0 Å². The molecule has 0 aromatic rings. The van der Waals surface area contributed by atoms with Crippen molar-refractivity contribution in [3.63, 3.8) is 0 Å². The van der Waals surface area contributed by atoms with Gasteiger partial charge in [-0.25, -0.2) is 0 Å². The van der Waals surface area contributed by atoms with Crippen LogP contribution in [-0.4, -0.2) is 124 Å². The van der Waals surface area contributed by atoms with Crippen LogP contribution >= 0.6 is 0 Å². The van der Waals surface area contributed by atoms with Crippen molar-refractivity contribution in [1.82, 2.24) is 36.0 Å². The third-order valence-electron chi connectivity index (χ3n) is 15.4. The van der Waals surface area contributed by atoms with Gasteiger partial charge in [0.15, 0.2) is 0 Å². The van der Waals surface area contributed by atoms with Gasteiger partial charge in [0.2, 0.25) is 17.7 Å². The van der Waals surface area contributed by atoms with Gasteiger partial charge < -0.3 is 36.0 Å². The lowest BCUT2D eigenvalue weighted by Gasteiger charge is -2.24. The maximum atomic E-state index is 12.4. The van der Waals surface area contributed by atoms with Crippen molar-refractivity contribution in [1.29, 1.82) is 0 Å². The van der Waals surface area contributed by atoms with Gasteiger partial charge in [-0.2, -0.15) is 0 Å². The second-order valence-corrected chi connectivity index (χ2v) is 22.3. The second-order valence-electron chi connectivity index (χ2n) is 22.3. The molecule has 4 N–H and O–H groups in total. The summed E-state index contributed by atoms with van der Waals surface area (Å²) in [5.41, 5.74) is 0. The minimum atomic E-state index is 0.191. The Labute approximate surface area is 469 Å². The SMILES string of the molecule is CCCCCCCCCCCCCCNC(=O)CCN(CC)CCCN(CC)CCC(=O)NCCCCCCCCCCCCCC.CCCCCCCCCCCCCCNC(=O)CCN(CC)CCCNCC. The van der Waals surface area contributed by atoms with Gasteiger partial charge in [-0.1, -0.05) is 260 Å². The Morgan fingerprint density at radius 3 is 0.707 bits per heavy atom. The molecule has 448 valence electrons. The Balaban J connectivity index is 0. The molecule has 0 heterocycles. The van der Waals surface area contributed by atoms with Gasteiger partial charge >= 0.3 is 0 Å². The summed E-state index contributed by atoms with van der Waals surface area (Å²) in [6.45, 7) is 28.7. The van der Waals surface area contributed by atoms with Crippen molar-refractivity contribution in [3.8, 4) is 0 Å². The standard InChI is InChI=1S/C41H84N4O2.C24H51N3O/c1-5-9-11-13-15-17-19-21-23-25-27-29-34-42-40(46)32-38-44(7-3)36-31-37-45(8-4)39-33-41(47)43-35-30-28-26-24-22-20-18-16-14-12-10-6-2;1-4-7-8-9-10-11-12-13-14-15-16-17-21-26-24(28)19-23-27(6-3)22-18-20-25-5-2/h5-39H2,1-4H3,(H,42,46)(H,43,47);25H,4-23H2,1-3H3,(H,26,28). The molecular weight excluding hydrogens is 927 g/mol. The third-order valence-corrected chi connectivity index (χ3v) is 15.4. The van der Waals surface area contributed by atoms with Crippen LogP contribution in [0.3, 0.4) is 0 Å². The summed E-state index contributed by atoms with van der Waals surface area (Å²) < 4.78 is 0. The molecule has 3 amide bonds. The Morgan fingerprint density at radius 1 is 0.253 bits per heavy atom. The first-order valence-corrected chi connectivity index (χ1v) is 33.5. The molecule has 0 saturated heterocycles. The number of unbranched alkanes of at least 4 members (excludes halogenated alkanes) is 33. The monoisotopic (exact) mass is 1060 g/mol. The molecule has 0 bridgehead atoms. The molecule has 0 aliphatic heterocycles. The fourth-order valence-corrected chi connectivity index (χ4v) is 10.0. The van der Waals surface area contributed by atoms with Gasteiger partial charge in [0.25, 0.3) is 0 Å². The highest BCUT2D eigenvalue weighted by molar-refractivity contribution is 5.76. The number of carbonyl (C=O) groups excluding carboxylic acids is 3. The number of nitrogens with zero attached hydrogens (tertiary/aromatic N) is 3. The first kappa shape index (κ1) is 75.3. The number of nitrogens with one attached hydrogen (secondary N) is 4. The molecule has 10 nitrogen and oxygen atoms in total. The van der Waals surface area contributed by atoms with E-state index in [1.807, 2.05) is 0 Å². The molecule has 0 rings (SSSR count). The highest BCUT2D eigenvalue weighted by Gasteiger charge is 2.11. The molecule has 0 aliphatic rings. The number of hydrogen-bond acceptors (Lipinski definition) is 7. The average Bonchev–Trinajstić information content (AvgIpc) is 3.42. The van der Waals surface area contributed by atoms with Crippen LogP contribution in [0.5, 0.6) is 0 Å². The summed E-state index contributed by atoms with van der Waals surface area (Å²) in [7, 11) is 0. The van der Waals surface area contributed by atoms with E-state index in [1.165, 1.54) is 212 Å². The van der Waals surface area contributed by atoms with Gasteiger partial charge in [0, 0.05) is 58.5 Å². The number of carbonyl (C=O) groups is 3. The van der Waals surface area contributed by atoms with Crippen molar-refractivity contribution in [3.05, 3.63) is 0 Å². The lowest BCUT2D eigenvalue weighted by Crippen LogP contribution is -2.35. The van der Waals surface area contributed by atoms with Crippen LogP contribution in [0.15, 0.2) is 0 Å². The quantitative estimate of drug-likeness (QED) is 0.0449. The molecule has 0 unspecified atom stereocenters. The van der Waals surface area contributed by atoms with E-state index in [2.05, 4.69) is 84.4 Å². The molecular formula is C65H135N7O3. The van der Waals surface area contributed by atoms with E-state index in [1.54, 1.807) is 0 Å². The van der Waals surface area contributed by atoms with Crippen molar-refractivity contribution in [2.24, 2.45) is 0 Å². The predicted molar refractivity (Wildman–Crippen MR) is 330 cm³/mol. The number of rotatable bonds is 60. The van der Waals surface area contributed by atoms with Gasteiger partial charge in [-0.15, -0.1) is 0 Å². The maximum Gasteiger partial charge on any atom is 0.221 e.